The molecule has 0 aliphatic carbocycles. The van der Waals surface area contributed by atoms with Gasteiger partial charge in [0, 0.05) is 0 Å². The number of benzene rings is 1. The molecule has 1 heteroatoms. The second kappa shape index (κ2) is 4.06. The zero-order valence-corrected chi connectivity index (χ0v) is 10.4. The van der Waals surface area contributed by atoms with Crippen LogP contribution in [0.15, 0.2) is 6.07 Å². The summed E-state index contributed by atoms with van der Waals surface area (Å²) in [5.41, 5.74) is 5.38. The molecule has 0 spiro atoms. The van der Waals surface area contributed by atoms with E-state index in [-0.39, 0.29) is 21.1 Å². The summed E-state index contributed by atoms with van der Waals surface area (Å²) in [7, 11) is 0. The molecule has 0 aromatic heterocycles. The molecule has 0 radical (unpaired) electrons. The molecule has 0 atom stereocenters. The van der Waals surface area contributed by atoms with Gasteiger partial charge in [-0.1, -0.05) is 27.7 Å². The molecule has 0 unspecified atom stereocenters. The molecule has 0 saturated carbocycles. The van der Waals surface area contributed by atoms with Crippen LogP contribution < -0.4 is 0 Å². The van der Waals surface area contributed by atoms with Crippen LogP contribution in [0.5, 0.6) is 0 Å². The predicted molar refractivity (Wildman–Crippen MR) is 44.2 cm³/mol. The molecule has 0 nitrogen and oxygen atoms in total. The van der Waals surface area contributed by atoms with E-state index >= 15 is 0 Å². The van der Waals surface area contributed by atoms with Gasteiger partial charge in [0.1, 0.15) is 0 Å². The Kier molecular flexibility index (Phi) is 4.03. The Morgan fingerprint density at radius 3 is 2.00 bits per heavy atom. The second-order valence-corrected chi connectivity index (χ2v) is 2.85. The Bertz CT molecular complexity index is 224. The van der Waals surface area contributed by atoms with Crippen molar-refractivity contribution in [3.63, 3.8) is 0 Å². The maximum absolute atomic E-state index is 3.21. The molecule has 11 heavy (non-hydrogen) atoms. The quantitative estimate of drug-likeness (QED) is 0.646. The van der Waals surface area contributed by atoms with Gasteiger partial charge in [0.2, 0.25) is 0 Å². The van der Waals surface area contributed by atoms with E-state index in [1.54, 1.807) is 0 Å². The summed E-state index contributed by atoms with van der Waals surface area (Å²) >= 11 is 0. The molecule has 1 aromatic carbocycles. The summed E-state index contributed by atoms with van der Waals surface area (Å²) in [6.45, 7) is 8.53. The van der Waals surface area contributed by atoms with Crippen LogP contribution >= 0.6 is 0 Å². The Morgan fingerprint density at radius 2 is 1.55 bits per heavy atom. The summed E-state index contributed by atoms with van der Waals surface area (Å²) in [4.78, 5) is 0. The van der Waals surface area contributed by atoms with Crippen molar-refractivity contribution in [2.24, 2.45) is 0 Å². The predicted octanol–water partition coefficient (Wildman–Crippen LogP) is 2.72. The SMILES string of the molecule is Cc1[c-]cc(C)c(C)c1C.[W+2]. The van der Waals surface area contributed by atoms with Crippen molar-refractivity contribution in [3.8, 4) is 0 Å². The smallest absolute Gasteiger partial charge is 0.180 e. The number of aryl methyl sites for hydroxylation is 2. The molecule has 0 N–H and O–H groups in total. The van der Waals surface area contributed by atoms with E-state index in [1.165, 1.54) is 22.3 Å². The van der Waals surface area contributed by atoms with Gasteiger partial charge in [0.05, 0.1) is 0 Å². The van der Waals surface area contributed by atoms with Crippen molar-refractivity contribution in [3.05, 3.63) is 34.4 Å². The Balaban J connectivity index is 0.000001000. The van der Waals surface area contributed by atoms with Crippen LogP contribution in [0.3, 0.4) is 0 Å². The zero-order chi connectivity index (χ0) is 7.72. The van der Waals surface area contributed by atoms with E-state index < -0.39 is 0 Å². The van der Waals surface area contributed by atoms with E-state index in [9.17, 15) is 0 Å². The van der Waals surface area contributed by atoms with Crippen LogP contribution in [0.25, 0.3) is 0 Å². The zero-order valence-electron chi connectivity index (χ0n) is 7.49. The van der Waals surface area contributed by atoms with Gasteiger partial charge >= 0.3 is 21.1 Å². The first-order chi connectivity index (χ1) is 4.63. The summed E-state index contributed by atoms with van der Waals surface area (Å²) in [5, 5.41) is 0. The first kappa shape index (κ1) is 10.9. The molecular formula is C10H13W+. The van der Waals surface area contributed by atoms with Gasteiger partial charge in [-0.25, -0.2) is 0 Å². The van der Waals surface area contributed by atoms with E-state index in [0.717, 1.165) is 0 Å². The van der Waals surface area contributed by atoms with Gasteiger partial charge in [0.15, 0.2) is 0 Å². The van der Waals surface area contributed by atoms with E-state index in [2.05, 4.69) is 39.8 Å². The van der Waals surface area contributed by atoms with Gasteiger partial charge in [-0.2, -0.15) is 34.4 Å². The van der Waals surface area contributed by atoms with Crippen molar-refractivity contribution >= 4 is 0 Å². The van der Waals surface area contributed by atoms with Crippen LogP contribution in [0.2, 0.25) is 0 Å². The fourth-order valence-electron chi connectivity index (χ4n) is 1.01. The first-order valence-electron chi connectivity index (χ1n) is 3.58. The number of hydrogen-bond donors (Lipinski definition) is 0. The van der Waals surface area contributed by atoms with Crippen LogP contribution in [0.1, 0.15) is 22.3 Å². The Hall–Kier alpha value is -0.0917. The van der Waals surface area contributed by atoms with Crippen LogP contribution in [-0.2, 0) is 21.1 Å². The first-order valence-corrected chi connectivity index (χ1v) is 3.58. The largest absolute Gasteiger partial charge is 2.00 e. The van der Waals surface area contributed by atoms with Gasteiger partial charge in [0.25, 0.3) is 0 Å². The minimum absolute atomic E-state index is 0. The summed E-state index contributed by atoms with van der Waals surface area (Å²) in [6, 6.07) is 5.26. The molecule has 1 rings (SSSR count). The molecule has 0 fully saturated rings. The molecule has 0 bridgehead atoms. The molecule has 0 heterocycles. The van der Waals surface area contributed by atoms with Crippen molar-refractivity contribution in [1.82, 2.24) is 0 Å². The summed E-state index contributed by atoms with van der Waals surface area (Å²) in [5.74, 6) is 0. The fraction of sp³-hybridized carbons (Fsp3) is 0.400. The van der Waals surface area contributed by atoms with Gasteiger partial charge in [-0.15, -0.1) is 0 Å². The third-order valence-corrected chi connectivity index (χ3v) is 2.22. The molecule has 58 valence electrons. The Labute approximate surface area is 83.3 Å². The molecule has 0 aliphatic heterocycles. The average Bonchev–Trinajstić information content (AvgIpc) is 1.93. The fourth-order valence-corrected chi connectivity index (χ4v) is 1.01. The maximum atomic E-state index is 3.21. The van der Waals surface area contributed by atoms with E-state index in [0.29, 0.717) is 0 Å². The Morgan fingerprint density at radius 1 is 1.00 bits per heavy atom. The minimum Gasteiger partial charge on any atom is -0.180 e. The average molecular weight is 317 g/mol. The van der Waals surface area contributed by atoms with Crippen molar-refractivity contribution in [2.75, 3.05) is 0 Å². The minimum atomic E-state index is 0. The van der Waals surface area contributed by atoms with Crippen LogP contribution in [-0.4, -0.2) is 0 Å². The van der Waals surface area contributed by atoms with Crippen molar-refractivity contribution in [2.45, 2.75) is 27.7 Å². The standard InChI is InChI=1S/C10H13.W/c1-7-5-6-8(2)10(4)9(7)3;/h5H,1-4H3;/q-1;+2. The van der Waals surface area contributed by atoms with Gasteiger partial charge in [-0.3, -0.25) is 0 Å². The monoisotopic (exact) mass is 317 g/mol. The third-order valence-electron chi connectivity index (χ3n) is 2.22. The summed E-state index contributed by atoms with van der Waals surface area (Å²) in [6.07, 6.45) is 0. The number of rotatable bonds is 0. The molecule has 0 aliphatic rings. The van der Waals surface area contributed by atoms with Crippen molar-refractivity contribution < 1.29 is 21.1 Å². The van der Waals surface area contributed by atoms with E-state index in [4.69, 9.17) is 0 Å². The maximum Gasteiger partial charge on any atom is 2.00 e. The topological polar surface area (TPSA) is 0 Å². The second-order valence-electron chi connectivity index (χ2n) is 2.85. The van der Waals surface area contributed by atoms with Crippen molar-refractivity contribution in [1.29, 1.82) is 0 Å². The van der Waals surface area contributed by atoms with Crippen LogP contribution in [0.4, 0.5) is 0 Å². The van der Waals surface area contributed by atoms with Gasteiger partial charge < -0.3 is 0 Å². The van der Waals surface area contributed by atoms with E-state index in [1.807, 2.05) is 0 Å². The third kappa shape index (κ3) is 2.17. The number of hydrogen-bond acceptors (Lipinski definition) is 0. The molecule has 0 saturated heterocycles. The molecule has 0 amide bonds. The normalized spacial score (nSPS) is 9.09. The summed E-state index contributed by atoms with van der Waals surface area (Å²) < 4.78 is 0. The van der Waals surface area contributed by atoms with Gasteiger partial charge in [-0.05, 0) is 0 Å². The van der Waals surface area contributed by atoms with Crippen LogP contribution in [0, 0.1) is 33.8 Å². The molecule has 1 aromatic rings. The molecular weight excluding hydrogens is 304 g/mol.